The Labute approximate surface area is 179 Å². The number of nitrogens with one attached hydrogen (secondary N) is 2. The van der Waals surface area contributed by atoms with E-state index in [0.717, 1.165) is 5.56 Å². The van der Waals surface area contributed by atoms with Gasteiger partial charge in [-0.05, 0) is 48.0 Å². The number of methoxy groups -OCH3 is 2. The van der Waals surface area contributed by atoms with Crippen molar-refractivity contribution in [2.75, 3.05) is 24.9 Å². The van der Waals surface area contributed by atoms with Gasteiger partial charge in [-0.2, -0.15) is 0 Å². The topological polar surface area (TPSA) is 98.7 Å². The second-order valence-electron chi connectivity index (χ2n) is 6.82. The van der Waals surface area contributed by atoms with Crippen molar-refractivity contribution in [1.29, 1.82) is 0 Å². The minimum Gasteiger partial charge on any atom is -0.497 e. The van der Waals surface area contributed by atoms with Gasteiger partial charge in [-0.1, -0.05) is 0 Å². The fraction of sp³-hybridized carbons (Fsp3) is 0.174. The van der Waals surface area contributed by atoms with E-state index in [1.807, 2.05) is 0 Å². The van der Waals surface area contributed by atoms with Crippen LogP contribution >= 0.6 is 0 Å². The second-order valence-corrected chi connectivity index (χ2v) is 6.82. The van der Waals surface area contributed by atoms with Gasteiger partial charge in [0.2, 0.25) is 5.91 Å². The monoisotopic (exact) mass is 421 g/mol. The summed E-state index contributed by atoms with van der Waals surface area (Å²) in [6, 6.07) is 14.9. The van der Waals surface area contributed by atoms with Gasteiger partial charge in [-0.15, -0.1) is 0 Å². The molecule has 1 aromatic heterocycles. The third-order valence-corrected chi connectivity index (χ3v) is 4.47. The zero-order valence-corrected chi connectivity index (χ0v) is 17.5. The highest BCUT2D eigenvalue weighted by Crippen LogP contribution is 2.23. The lowest BCUT2D eigenvalue weighted by atomic mass is 10.2. The van der Waals surface area contributed by atoms with Gasteiger partial charge in [-0.3, -0.25) is 14.4 Å². The number of hydrogen-bond donors (Lipinski definition) is 2. The van der Waals surface area contributed by atoms with Gasteiger partial charge in [0.1, 0.15) is 11.5 Å². The number of rotatable bonds is 7. The molecule has 0 fully saturated rings. The third-order valence-electron chi connectivity index (χ3n) is 4.47. The van der Waals surface area contributed by atoms with Crippen molar-refractivity contribution < 1.29 is 19.1 Å². The number of anilines is 2. The molecule has 8 heteroatoms. The molecule has 0 spiro atoms. The van der Waals surface area contributed by atoms with Crippen LogP contribution in [0.15, 0.2) is 65.6 Å². The summed E-state index contributed by atoms with van der Waals surface area (Å²) in [7, 11) is 3.11. The van der Waals surface area contributed by atoms with Crippen molar-refractivity contribution >= 4 is 23.2 Å². The van der Waals surface area contributed by atoms with Crippen molar-refractivity contribution in [2.45, 2.75) is 13.5 Å². The molecule has 0 aliphatic heterocycles. The van der Waals surface area contributed by atoms with Gasteiger partial charge >= 0.3 is 0 Å². The largest absolute Gasteiger partial charge is 0.497 e. The van der Waals surface area contributed by atoms with E-state index in [4.69, 9.17) is 9.47 Å². The Morgan fingerprint density at radius 2 is 1.45 bits per heavy atom. The summed E-state index contributed by atoms with van der Waals surface area (Å²) in [5, 5.41) is 5.44. The Morgan fingerprint density at radius 3 is 2.00 bits per heavy atom. The Bertz CT molecular complexity index is 1130. The number of hydrogen-bond acceptors (Lipinski definition) is 5. The molecular formula is C23H23N3O5. The number of amides is 2. The molecular weight excluding hydrogens is 398 g/mol. The first-order valence-corrected chi connectivity index (χ1v) is 9.49. The van der Waals surface area contributed by atoms with Crippen LogP contribution in [-0.4, -0.2) is 30.6 Å². The van der Waals surface area contributed by atoms with Crippen LogP contribution in [0.2, 0.25) is 0 Å². The lowest BCUT2D eigenvalue weighted by Gasteiger charge is -2.12. The van der Waals surface area contributed by atoms with Crippen LogP contribution in [0.5, 0.6) is 11.5 Å². The minimum absolute atomic E-state index is 0.173. The van der Waals surface area contributed by atoms with Gasteiger partial charge in [0.05, 0.1) is 26.3 Å². The van der Waals surface area contributed by atoms with Gasteiger partial charge < -0.3 is 24.7 Å². The number of carbonyl (C=O) groups excluding carboxylic acids is 2. The molecule has 0 bridgehead atoms. The number of nitrogens with zero attached hydrogens (tertiary/aromatic N) is 1. The van der Waals surface area contributed by atoms with Crippen molar-refractivity contribution in [1.82, 2.24) is 4.57 Å². The predicted molar refractivity (Wildman–Crippen MR) is 118 cm³/mol. The third kappa shape index (κ3) is 5.72. The van der Waals surface area contributed by atoms with Crippen LogP contribution < -0.4 is 25.7 Å². The number of carbonyl (C=O) groups is 2. The van der Waals surface area contributed by atoms with E-state index in [9.17, 15) is 14.4 Å². The zero-order valence-electron chi connectivity index (χ0n) is 17.5. The van der Waals surface area contributed by atoms with E-state index in [-0.39, 0.29) is 23.9 Å². The fourth-order valence-electron chi connectivity index (χ4n) is 2.99. The van der Waals surface area contributed by atoms with Crippen molar-refractivity contribution in [3.05, 3.63) is 82.3 Å². The van der Waals surface area contributed by atoms with Crippen LogP contribution in [0.3, 0.4) is 0 Å². The van der Waals surface area contributed by atoms with Crippen molar-refractivity contribution in [3.63, 3.8) is 0 Å². The molecule has 0 radical (unpaired) electrons. The van der Waals surface area contributed by atoms with E-state index in [1.165, 1.54) is 29.8 Å². The van der Waals surface area contributed by atoms with Crippen LogP contribution in [0.25, 0.3) is 0 Å². The fourth-order valence-corrected chi connectivity index (χ4v) is 2.99. The average molecular weight is 421 g/mol. The van der Waals surface area contributed by atoms with Crippen molar-refractivity contribution in [2.24, 2.45) is 0 Å². The highest BCUT2D eigenvalue weighted by atomic mass is 16.5. The SMILES string of the molecule is COc1cc(Cn2cc(C(=O)Nc3ccc(NC(C)=O)cc3)ccc2=O)cc(OC)c1. The maximum absolute atomic E-state index is 12.7. The normalized spacial score (nSPS) is 10.3. The van der Waals surface area contributed by atoms with E-state index >= 15 is 0 Å². The molecule has 3 rings (SSSR count). The summed E-state index contributed by atoms with van der Waals surface area (Å²) in [6.07, 6.45) is 1.51. The maximum Gasteiger partial charge on any atom is 0.257 e. The van der Waals surface area contributed by atoms with Gasteiger partial charge in [0.25, 0.3) is 11.5 Å². The molecule has 3 aromatic rings. The standard InChI is InChI=1S/C23H23N3O5/c1-15(27)24-18-5-7-19(8-6-18)25-23(29)17-4-9-22(28)26(14-17)13-16-10-20(30-2)12-21(11-16)31-3/h4-12,14H,13H2,1-3H3,(H,24,27)(H,25,29). The molecule has 160 valence electrons. The van der Waals surface area contributed by atoms with E-state index < -0.39 is 0 Å². The van der Waals surface area contributed by atoms with Gasteiger partial charge in [0.15, 0.2) is 0 Å². The molecule has 0 atom stereocenters. The quantitative estimate of drug-likeness (QED) is 0.611. The Morgan fingerprint density at radius 1 is 0.871 bits per heavy atom. The van der Waals surface area contributed by atoms with E-state index in [2.05, 4.69) is 10.6 Å². The smallest absolute Gasteiger partial charge is 0.257 e. The van der Waals surface area contributed by atoms with E-state index in [0.29, 0.717) is 28.4 Å². The van der Waals surface area contributed by atoms with Crippen LogP contribution in [0.1, 0.15) is 22.8 Å². The molecule has 0 aliphatic rings. The van der Waals surface area contributed by atoms with Crippen LogP contribution in [0.4, 0.5) is 11.4 Å². The van der Waals surface area contributed by atoms with Gasteiger partial charge in [0, 0.05) is 36.6 Å². The van der Waals surface area contributed by atoms with Crippen LogP contribution in [0, 0.1) is 0 Å². The first kappa shape index (κ1) is 21.6. The number of ether oxygens (including phenoxy) is 2. The summed E-state index contributed by atoms with van der Waals surface area (Å²) >= 11 is 0. The Hall–Kier alpha value is -4.07. The number of benzene rings is 2. The molecule has 0 aliphatic carbocycles. The Balaban J connectivity index is 1.78. The summed E-state index contributed by atoms with van der Waals surface area (Å²) in [6.45, 7) is 1.67. The van der Waals surface area contributed by atoms with Crippen LogP contribution in [-0.2, 0) is 11.3 Å². The molecule has 0 saturated heterocycles. The summed E-state index contributed by atoms with van der Waals surface area (Å²) in [5.74, 6) is 0.690. The molecule has 2 amide bonds. The first-order chi connectivity index (χ1) is 14.9. The minimum atomic E-state index is -0.357. The molecule has 2 N–H and O–H groups in total. The number of pyridine rings is 1. The predicted octanol–water partition coefficient (Wildman–Crippen LogP) is 3.12. The highest BCUT2D eigenvalue weighted by Gasteiger charge is 2.10. The zero-order chi connectivity index (χ0) is 22.4. The second kappa shape index (κ2) is 9.62. The van der Waals surface area contributed by atoms with Gasteiger partial charge in [-0.25, -0.2) is 0 Å². The molecule has 0 saturated carbocycles. The molecule has 2 aromatic carbocycles. The molecule has 1 heterocycles. The molecule has 31 heavy (non-hydrogen) atoms. The summed E-state index contributed by atoms with van der Waals surface area (Å²) < 4.78 is 12.0. The number of aromatic nitrogens is 1. The lowest BCUT2D eigenvalue weighted by Crippen LogP contribution is -2.22. The maximum atomic E-state index is 12.7. The molecule has 0 unspecified atom stereocenters. The average Bonchev–Trinajstić information content (AvgIpc) is 2.75. The summed E-state index contributed by atoms with van der Waals surface area (Å²) in [5.41, 5.74) is 2.09. The highest BCUT2D eigenvalue weighted by molar-refractivity contribution is 6.04. The lowest BCUT2D eigenvalue weighted by molar-refractivity contribution is -0.114. The first-order valence-electron chi connectivity index (χ1n) is 9.49. The van der Waals surface area contributed by atoms with E-state index in [1.54, 1.807) is 56.7 Å². The summed E-state index contributed by atoms with van der Waals surface area (Å²) in [4.78, 5) is 36.1. The molecule has 8 nitrogen and oxygen atoms in total. The Kier molecular flexibility index (Phi) is 6.71. The van der Waals surface area contributed by atoms with Crippen molar-refractivity contribution in [3.8, 4) is 11.5 Å².